The number of hydrogen-bond donors (Lipinski definition) is 3. The molecule has 0 fully saturated rings. The molecule has 3 nitrogen and oxygen atoms in total. The van der Waals surface area contributed by atoms with Crippen molar-refractivity contribution in [2.75, 3.05) is 16.0 Å². The second kappa shape index (κ2) is 28.1. The van der Waals surface area contributed by atoms with Gasteiger partial charge in [0.2, 0.25) is 0 Å². The topological polar surface area (TPSA) is 36.1 Å². The van der Waals surface area contributed by atoms with Crippen LogP contribution in [0, 0.1) is 0 Å². The highest BCUT2D eigenvalue weighted by atomic mass is 14.9. The van der Waals surface area contributed by atoms with E-state index < -0.39 is 0 Å². The molecule has 0 spiro atoms. The fourth-order valence-corrected chi connectivity index (χ4v) is 13.5. The van der Waals surface area contributed by atoms with Crippen molar-refractivity contribution in [2.24, 2.45) is 0 Å². The molecule has 18 aromatic rings. The minimum absolute atomic E-state index is 1.08. The number of hydrogen-bond acceptors (Lipinski definition) is 3. The van der Waals surface area contributed by atoms with Gasteiger partial charge in [0.15, 0.2) is 0 Å². The lowest BCUT2D eigenvalue weighted by Crippen LogP contribution is -1.90. The fourth-order valence-electron chi connectivity index (χ4n) is 13.5. The Morgan fingerprint density at radius 3 is 0.566 bits per heavy atom. The third-order valence-electron chi connectivity index (χ3n) is 18.7. The van der Waals surface area contributed by atoms with Gasteiger partial charge in [-0.25, -0.2) is 0 Å². The summed E-state index contributed by atoms with van der Waals surface area (Å²) in [6.45, 7) is 0. The molecule has 0 bridgehead atoms. The number of rotatable bonds is 12. The van der Waals surface area contributed by atoms with Crippen LogP contribution in [0.25, 0.3) is 131 Å². The number of fused-ring (bicyclic) bond motifs is 6. The van der Waals surface area contributed by atoms with Crippen LogP contribution in [0.3, 0.4) is 0 Å². The molecule has 3 heteroatoms. The molecule has 18 aromatic carbocycles. The lowest BCUT2D eigenvalue weighted by Gasteiger charge is -2.11. The van der Waals surface area contributed by atoms with Gasteiger partial charge in [-0.1, -0.05) is 309 Å². The fraction of sp³-hybridized carbons (Fsp3) is 0. The van der Waals surface area contributed by atoms with E-state index in [1.807, 2.05) is 0 Å². The van der Waals surface area contributed by atoms with Crippen LogP contribution in [0.15, 0.2) is 400 Å². The Hall–Kier alpha value is -13.1. The van der Waals surface area contributed by atoms with E-state index in [0.717, 1.165) is 34.1 Å². The molecular formula is C96H69N3. The van der Waals surface area contributed by atoms with Crippen LogP contribution >= 0.6 is 0 Å². The van der Waals surface area contributed by atoms with Gasteiger partial charge in [0.05, 0.1) is 0 Å². The zero-order chi connectivity index (χ0) is 66.1. The predicted molar refractivity (Wildman–Crippen MR) is 426 cm³/mol. The first-order chi connectivity index (χ1) is 49.0. The van der Waals surface area contributed by atoms with Crippen LogP contribution < -0.4 is 16.0 Å². The molecule has 0 saturated carbocycles. The molecule has 0 aliphatic heterocycles. The van der Waals surface area contributed by atoms with E-state index in [2.05, 4.69) is 416 Å². The first-order valence-corrected chi connectivity index (χ1v) is 33.8. The molecule has 3 N–H and O–H groups in total. The van der Waals surface area contributed by atoms with Crippen molar-refractivity contribution in [1.29, 1.82) is 0 Å². The SMILES string of the molecule is c1ccc2c(-c3ccc(Nc4ccc(-c5cccc6ccccc56)cc4)cc3)cccc2c1.c1ccc2cc(-c3ccc(Nc4ccc(-c5ccc6ccccc6c5)cc4)cc3)ccc2c1.c1ccc2cc(-c3ccc(Nc4ccc(-c5cccc6ccccc56)cc4)cc3)ccc2c1. The van der Waals surface area contributed by atoms with Gasteiger partial charge >= 0.3 is 0 Å². The van der Waals surface area contributed by atoms with Crippen molar-refractivity contribution in [3.63, 3.8) is 0 Å². The molecule has 0 radical (unpaired) electrons. The Balaban J connectivity index is 0.000000116. The van der Waals surface area contributed by atoms with Crippen LogP contribution in [0.5, 0.6) is 0 Å². The lowest BCUT2D eigenvalue weighted by atomic mass is 9.98. The van der Waals surface area contributed by atoms with Gasteiger partial charge in [0, 0.05) is 34.1 Å². The number of nitrogens with one attached hydrogen (secondary N) is 3. The first kappa shape index (κ1) is 60.8. The second-order valence-electron chi connectivity index (χ2n) is 25.1. The predicted octanol–water partition coefficient (Wildman–Crippen LogP) is 27.2. The maximum absolute atomic E-state index is 3.54. The first-order valence-electron chi connectivity index (χ1n) is 33.8. The van der Waals surface area contributed by atoms with Gasteiger partial charge in [-0.2, -0.15) is 0 Å². The Bertz CT molecular complexity index is 5570. The van der Waals surface area contributed by atoms with Crippen molar-refractivity contribution in [1.82, 2.24) is 0 Å². The van der Waals surface area contributed by atoms with E-state index in [9.17, 15) is 0 Å². The number of anilines is 6. The molecule has 0 aliphatic rings. The average molecular weight is 1260 g/mol. The summed E-state index contributed by atoms with van der Waals surface area (Å²) in [5.74, 6) is 0. The summed E-state index contributed by atoms with van der Waals surface area (Å²) in [4.78, 5) is 0. The highest BCUT2D eigenvalue weighted by Gasteiger charge is 2.10. The van der Waals surface area contributed by atoms with Crippen molar-refractivity contribution in [3.8, 4) is 66.8 Å². The van der Waals surface area contributed by atoms with Crippen LogP contribution in [0.1, 0.15) is 0 Å². The smallest absolute Gasteiger partial charge is 0.0384 e. The minimum Gasteiger partial charge on any atom is -0.356 e. The summed E-state index contributed by atoms with van der Waals surface area (Å²) in [5, 5.41) is 25.8. The lowest BCUT2D eigenvalue weighted by molar-refractivity contribution is 1.54. The Morgan fingerprint density at radius 2 is 0.313 bits per heavy atom. The average Bonchev–Trinajstić information content (AvgIpc) is 0.870. The zero-order valence-corrected chi connectivity index (χ0v) is 54.6. The molecule has 0 amide bonds. The van der Waals surface area contributed by atoms with E-state index in [1.165, 1.54) is 131 Å². The molecule has 0 aromatic heterocycles. The van der Waals surface area contributed by atoms with Gasteiger partial charge in [-0.05, 0) is 222 Å². The largest absolute Gasteiger partial charge is 0.356 e. The molecule has 99 heavy (non-hydrogen) atoms. The summed E-state index contributed by atoms with van der Waals surface area (Å²) < 4.78 is 0. The van der Waals surface area contributed by atoms with Crippen molar-refractivity contribution < 1.29 is 0 Å². The minimum atomic E-state index is 1.08. The molecule has 0 heterocycles. The van der Waals surface area contributed by atoms with E-state index in [-0.39, 0.29) is 0 Å². The van der Waals surface area contributed by atoms with E-state index in [4.69, 9.17) is 0 Å². The highest BCUT2D eigenvalue weighted by Crippen LogP contribution is 2.36. The monoisotopic (exact) mass is 1260 g/mol. The van der Waals surface area contributed by atoms with Crippen LogP contribution in [-0.2, 0) is 0 Å². The maximum Gasteiger partial charge on any atom is 0.0384 e. The molecule has 0 saturated heterocycles. The van der Waals surface area contributed by atoms with E-state index >= 15 is 0 Å². The van der Waals surface area contributed by atoms with Crippen LogP contribution in [0.2, 0.25) is 0 Å². The highest BCUT2D eigenvalue weighted by molar-refractivity contribution is 6.00. The molecular weight excluding hydrogens is 1200 g/mol. The van der Waals surface area contributed by atoms with Crippen molar-refractivity contribution >= 4 is 98.8 Å². The van der Waals surface area contributed by atoms with Gasteiger partial charge in [-0.3, -0.25) is 0 Å². The van der Waals surface area contributed by atoms with Crippen molar-refractivity contribution in [2.45, 2.75) is 0 Å². The van der Waals surface area contributed by atoms with Gasteiger partial charge in [-0.15, -0.1) is 0 Å². The molecule has 0 aliphatic carbocycles. The molecule has 0 unspecified atom stereocenters. The van der Waals surface area contributed by atoms with E-state index in [1.54, 1.807) is 0 Å². The summed E-state index contributed by atoms with van der Waals surface area (Å²) >= 11 is 0. The zero-order valence-electron chi connectivity index (χ0n) is 54.6. The van der Waals surface area contributed by atoms with Crippen LogP contribution in [-0.4, -0.2) is 0 Å². The molecule has 18 rings (SSSR count). The Labute approximate surface area is 578 Å². The van der Waals surface area contributed by atoms with Crippen molar-refractivity contribution in [3.05, 3.63) is 400 Å². The van der Waals surface area contributed by atoms with Gasteiger partial charge in [0.25, 0.3) is 0 Å². The Kier molecular flexibility index (Phi) is 17.3. The van der Waals surface area contributed by atoms with Gasteiger partial charge in [0.1, 0.15) is 0 Å². The standard InChI is InChI=1S/3C32H23N/c1-3-11-29-23(7-1)9-5-13-31(29)25-15-19-27(20-16-25)33-28-21-17-26(18-22-28)32-14-6-10-24-8-2-4-12-30(24)32;1-3-7-27-21-29(11-9-23(27)5-1)25-13-17-31(18-14-25)33-32-19-15-26(16-20-32)30-12-10-24-6-2-4-8-28(24)22-30;1-2-8-27-22-28(13-12-23(27)6-1)24-14-18-29(19-15-24)33-30-20-16-26(17-21-30)32-11-5-9-25-7-3-4-10-31(25)32/h3*1-22,33H. The quantitative estimate of drug-likeness (QED) is 0.114. The van der Waals surface area contributed by atoms with Crippen LogP contribution in [0.4, 0.5) is 34.1 Å². The normalized spacial score (nSPS) is 11.0. The van der Waals surface area contributed by atoms with E-state index in [0.29, 0.717) is 0 Å². The maximum atomic E-state index is 3.54. The second-order valence-corrected chi connectivity index (χ2v) is 25.1. The summed E-state index contributed by atoms with van der Waals surface area (Å²) in [7, 11) is 0. The molecule has 468 valence electrons. The molecule has 0 atom stereocenters. The third kappa shape index (κ3) is 13.8. The van der Waals surface area contributed by atoms with Gasteiger partial charge < -0.3 is 16.0 Å². The number of benzene rings is 18. The third-order valence-corrected chi connectivity index (χ3v) is 18.7. The summed E-state index contributed by atoms with van der Waals surface area (Å²) in [6.07, 6.45) is 0. The summed E-state index contributed by atoms with van der Waals surface area (Å²) in [5.41, 5.74) is 21.3. The summed E-state index contributed by atoms with van der Waals surface area (Å²) in [6, 6.07) is 142. The Morgan fingerprint density at radius 1 is 0.121 bits per heavy atom.